The number of aliphatic hydroxyl groups excluding tert-OH is 3. The maximum atomic E-state index is 9.15. The Hall–Kier alpha value is -0.200. The van der Waals surface area contributed by atoms with E-state index in [-0.39, 0.29) is 6.61 Å². The number of hydrogen-bond donors (Lipinski definition) is 3. The standard InChI is InChI=1S/C6H12O5/c1-10-6-5(9)4(8)3(2-7)11-6/h3-9H,2H2,1H3/t3-,4-,5?,6+/m0/s1. The zero-order valence-electron chi connectivity index (χ0n) is 6.17. The summed E-state index contributed by atoms with van der Waals surface area (Å²) in [5.74, 6) is 0. The van der Waals surface area contributed by atoms with Crippen molar-refractivity contribution in [3.05, 3.63) is 0 Å². The molecule has 1 fully saturated rings. The van der Waals surface area contributed by atoms with Gasteiger partial charge in [0.2, 0.25) is 0 Å². The van der Waals surface area contributed by atoms with Crippen molar-refractivity contribution in [2.45, 2.75) is 24.6 Å². The molecule has 5 nitrogen and oxygen atoms in total. The van der Waals surface area contributed by atoms with Gasteiger partial charge in [0.25, 0.3) is 0 Å². The van der Waals surface area contributed by atoms with Crippen molar-refractivity contribution >= 4 is 0 Å². The number of aliphatic hydroxyl groups is 3. The van der Waals surface area contributed by atoms with Crippen LogP contribution >= 0.6 is 0 Å². The number of rotatable bonds is 2. The van der Waals surface area contributed by atoms with E-state index in [0.717, 1.165) is 0 Å². The average molecular weight is 164 g/mol. The van der Waals surface area contributed by atoms with Crippen LogP contribution in [-0.4, -0.2) is 53.6 Å². The summed E-state index contributed by atoms with van der Waals surface area (Å²) in [6.07, 6.45) is -3.71. The van der Waals surface area contributed by atoms with E-state index in [2.05, 4.69) is 4.74 Å². The van der Waals surface area contributed by atoms with E-state index in [1.54, 1.807) is 0 Å². The van der Waals surface area contributed by atoms with Crippen molar-refractivity contribution in [1.29, 1.82) is 0 Å². The molecule has 0 bridgehead atoms. The minimum atomic E-state index is -1.07. The number of methoxy groups -OCH3 is 1. The Morgan fingerprint density at radius 1 is 1.36 bits per heavy atom. The SMILES string of the molecule is CO[C@@H]1O[C@@H](CO)[C@H](O)C1O. The van der Waals surface area contributed by atoms with Crippen LogP contribution < -0.4 is 0 Å². The predicted molar refractivity (Wildman–Crippen MR) is 34.8 cm³/mol. The van der Waals surface area contributed by atoms with Gasteiger partial charge in [0.1, 0.15) is 18.3 Å². The summed E-state index contributed by atoms with van der Waals surface area (Å²) in [5.41, 5.74) is 0. The number of hydrogen-bond acceptors (Lipinski definition) is 5. The summed E-state index contributed by atoms with van der Waals surface area (Å²) in [4.78, 5) is 0. The molecule has 1 unspecified atom stereocenters. The molecule has 11 heavy (non-hydrogen) atoms. The molecule has 1 aliphatic rings. The van der Waals surface area contributed by atoms with E-state index in [1.807, 2.05) is 0 Å². The van der Waals surface area contributed by atoms with Gasteiger partial charge in [-0.05, 0) is 0 Å². The molecule has 0 aromatic heterocycles. The van der Waals surface area contributed by atoms with Gasteiger partial charge >= 0.3 is 0 Å². The molecule has 4 atom stereocenters. The van der Waals surface area contributed by atoms with Crippen LogP contribution in [0.1, 0.15) is 0 Å². The summed E-state index contributed by atoms with van der Waals surface area (Å²) < 4.78 is 9.59. The lowest BCUT2D eigenvalue weighted by Gasteiger charge is -2.11. The molecule has 1 rings (SSSR count). The molecule has 5 heteroatoms. The molecule has 0 aromatic carbocycles. The van der Waals surface area contributed by atoms with Gasteiger partial charge in [-0.2, -0.15) is 0 Å². The van der Waals surface area contributed by atoms with Gasteiger partial charge in [-0.15, -0.1) is 0 Å². The first-order valence-electron chi connectivity index (χ1n) is 3.36. The minimum Gasteiger partial charge on any atom is -0.394 e. The van der Waals surface area contributed by atoms with Gasteiger partial charge in [-0.25, -0.2) is 0 Å². The van der Waals surface area contributed by atoms with Gasteiger partial charge < -0.3 is 24.8 Å². The monoisotopic (exact) mass is 164 g/mol. The third-order valence-corrected chi connectivity index (χ3v) is 1.73. The van der Waals surface area contributed by atoms with Crippen LogP contribution in [-0.2, 0) is 9.47 Å². The molecule has 0 aromatic rings. The summed E-state index contributed by atoms with van der Waals surface area (Å²) in [7, 11) is 1.36. The fourth-order valence-corrected chi connectivity index (χ4v) is 1.06. The Bertz CT molecular complexity index is 110. The zero-order valence-corrected chi connectivity index (χ0v) is 6.17. The minimum absolute atomic E-state index is 0.321. The third-order valence-electron chi connectivity index (χ3n) is 1.73. The normalized spacial score (nSPS) is 44.7. The lowest BCUT2D eigenvalue weighted by molar-refractivity contribution is -0.153. The van der Waals surface area contributed by atoms with Crippen LogP contribution in [0.2, 0.25) is 0 Å². The first kappa shape index (κ1) is 8.89. The fourth-order valence-electron chi connectivity index (χ4n) is 1.06. The van der Waals surface area contributed by atoms with Crippen molar-refractivity contribution in [1.82, 2.24) is 0 Å². The molecule has 0 radical (unpaired) electrons. The smallest absolute Gasteiger partial charge is 0.186 e. The lowest BCUT2D eigenvalue weighted by Crippen LogP contribution is -2.34. The summed E-state index contributed by atoms with van der Waals surface area (Å²) in [6, 6.07) is 0. The Morgan fingerprint density at radius 3 is 2.27 bits per heavy atom. The van der Waals surface area contributed by atoms with Crippen LogP contribution in [0.4, 0.5) is 0 Å². The van der Waals surface area contributed by atoms with Gasteiger partial charge in [-0.1, -0.05) is 0 Å². The summed E-state index contributed by atoms with van der Waals surface area (Å²) in [5, 5.41) is 26.9. The van der Waals surface area contributed by atoms with E-state index in [1.165, 1.54) is 7.11 Å². The van der Waals surface area contributed by atoms with Gasteiger partial charge in [0, 0.05) is 7.11 Å². The van der Waals surface area contributed by atoms with Gasteiger partial charge in [0.15, 0.2) is 6.29 Å². The van der Waals surface area contributed by atoms with E-state index in [9.17, 15) is 0 Å². The number of ether oxygens (including phenoxy) is 2. The molecule has 1 heterocycles. The highest BCUT2D eigenvalue weighted by Gasteiger charge is 2.42. The zero-order chi connectivity index (χ0) is 8.43. The Morgan fingerprint density at radius 2 is 2.00 bits per heavy atom. The van der Waals surface area contributed by atoms with Crippen LogP contribution in [0.3, 0.4) is 0 Å². The Labute approximate surface area is 64.2 Å². The topological polar surface area (TPSA) is 79.2 Å². The molecule has 0 amide bonds. The second kappa shape index (κ2) is 3.46. The highest BCUT2D eigenvalue weighted by Crippen LogP contribution is 2.20. The van der Waals surface area contributed by atoms with Gasteiger partial charge in [0.05, 0.1) is 6.61 Å². The van der Waals surface area contributed by atoms with Crippen LogP contribution in [0.15, 0.2) is 0 Å². The molecular formula is C6H12O5. The Kier molecular flexibility index (Phi) is 2.80. The first-order chi connectivity index (χ1) is 5.20. The van der Waals surface area contributed by atoms with E-state index in [4.69, 9.17) is 20.1 Å². The largest absolute Gasteiger partial charge is 0.394 e. The fraction of sp³-hybridized carbons (Fsp3) is 1.00. The van der Waals surface area contributed by atoms with E-state index >= 15 is 0 Å². The van der Waals surface area contributed by atoms with Crippen LogP contribution in [0, 0.1) is 0 Å². The van der Waals surface area contributed by atoms with Crippen LogP contribution in [0.5, 0.6) is 0 Å². The molecule has 0 aliphatic carbocycles. The predicted octanol–water partition coefficient (Wildman–Crippen LogP) is -1.93. The maximum absolute atomic E-state index is 9.15. The highest BCUT2D eigenvalue weighted by atomic mass is 16.7. The maximum Gasteiger partial charge on any atom is 0.186 e. The molecule has 0 spiro atoms. The summed E-state index contributed by atoms with van der Waals surface area (Å²) in [6.45, 7) is -0.321. The lowest BCUT2D eigenvalue weighted by atomic mass is 10.1. The van der Waals surface area contributed by atoms with Gasteiger partial charge in [-0.3, -0.25) is 0 Å². The highest BCUT2D eigenvalue weighted by molar-refractivity contribution is 4.85. The Balaban J connectivity index is 2.53. The second-order valence-corrected chi connectivity index (χ2v) is 2.44. The van der Waals surface area contributed by atoms with Crippen molar-refractivity contribution in [3.8, 4) is 0 Å². The first-order valence-corrected chi connectivity index (χ1v) is 3.36. The molecule has 1 saturated heterocycles. The van der Waals surface area contributed by atoms with Crippen LogP contribution in [0.25, 0.3) is 0 Å². The van der Waals surface area contributed by atoms with E-state index < -0.39 is 24.6 Å². The molecular weight excluding hydrogens is 152 g/mol. The van der Waals surface area contributed by atoms with E-state index in [0.29, 0.717) is 0 Å². The quantitative estimate of drug-likeness (QED) is 0.443. The van der Waals surface area contributed by atoms with Crippen molar-refractivity contribution in [2.75, 3.05) is 13.7 Å². The average Bonchev–Trinajstić information content (AvgIpc) is 2.30. The van der Waals surface area contributed by atoms with Crippen molar-refractivity contribution < 1.29 is 24.8 Å². The third kappa shape index (κ3) is 1.52. The van der Waals surface area contributed by atoms with Crippen molar-refractivity contribution in [2.24, 2.45) is 0 Å². The molecule has 3 N–H and O–H groups in total. The molecule has 1 aliphatic heterocycles. The molecule has 66 valence electrons. The molecule has 0 saturated carbocycles. The second-order valence-electron chi connectivity index (χ2n) is 2.44. The van der Waals surface area contributed by atoms with Crippen molar-refractivity contribution in [3.63, 3.8) is 0 Å². The summed E-state index contributed by atoms with van der Waals surface area (Å²) >= 11 is 0.